The number of likely N-dealkylation sites (tertiary alicyclic amines) is 1. The summed E-state index contributed by atoms with van der Waals surface area (Å²) in [7, 11) is 1.79. The normalized spacial score (nSPS) is 17.4. The summed E-state index contributed by atoms with van der Waals surface area (Å²) in [5.41, 5.74) is 1.06. The average Bonchev–Trinajstić information content (AvgIpc) is 2.84. The molecule has 0 spiro atoms. The standard InChI is InChI=1S/C14H19NO2S/c1-17-13-4-7-15(8-5-13)11-14-12(3-2-9-16)6-10-18-14/h6,10,13,16H,4-5,7-9,11H2,1H3. The van der Waals surface area contributed by atoms with E-state index in [1.54, 1.807) is 18.4 Å². The zero-order valence-electron chi connectivity index (χ0n) is 10.7. The second-order valence-corrected chi connectivity index (χ2v) is 5.43. The van der Waals surface area contributed by atoms with Crippen molar-refractivity contribution in [2.75, 3.05) is 26.8 Å². The van der Waals surface area contributed by atoms with Crippen molar-refractivity contribution < 1.29 is 9.84 Å². The Labute approximate surface area is 112 Å². The number of aliphatic hydroxyl groups excluding tert-OH is 1. The summed E-state index contributed by atoms with van der Waals surface area (Å²) in [6.07, 6.45) is 2.65. The molecule has 0 unspecified atom stereocenters. The minimum absolute atomic E-state index is 0.0749. The SMILES string of the molecule is COC1CCN(Cc2sccc2C#CCO)CC1. The van der Waals surface area contributed by atoms with Crippen LogP contribution >= 0.6 is 11.3 Å². The van der Waals surface area contributed by atoms with E-state index in [9.17, 15) is 0 Å². The molecule has 98 valence electrons. The van der Waals surface area contributed by atoms with Crippen molar-refractivity contribution in [2.24, 2.45) is 0 Å². The van der Waals surface area contributed by atoms with Crippen LogP contribution in [0.15, 0.2) is 11.4 Å². The molecule has 0 aromatic carbocycles. The first kappa shape index (κ1) is 13.6. The van der Waals surface area contributed by atoms with Gasteiger partial charge in [-0.3, -0.25) is 4.90 Å². The van der Waals surface area contributed by atoms with E-state index < -0.39 is 0 Å². The van der Waals surface area contributed by atoms with Crippen LogP contribution in [0.4, 0.5) is 0 Å². The predicted octanol–water partition coefficient (Wildman–Crippen LogP) is 1.70. The molecule has 0 aliphatic carbocycles. The van der Waals surface area contributed by atoms with Crippen LogP contribution in [0.25, 0.3) is 0 Å². The summed E-state index contributed by atoms with van der Waals surface area (Å²) in [4.78, 5) is 3.75. The van der Waals surface area contributed by atoms with Crippen LogP contribution in [0.2, 0.25) is 0 Å². The van der Waals surface area contributed by atoms with E-state index in [1.165, 1.54) is 4.88 Å². The number of piperidine rings is 1. The third-order valence-electron chi connectivity index (χ3n) is 3.28. The number of hydrogen-bond acceptors (Lipinski definition) is 4. The summed E-state index contributed by atoms with van der Waals surface area (Å²) in [5, 5.41) is 10.8. The molecule has 1 aliphatic heterocycles. The third kappa shape index (κ3) is 3.56. The van der Waals surface area contributed by atoms with E-state index >= 15 is 0 Å². The summed E-state index contributed by atoms with van der Waals surface area (Å²) in [5.74, 6) is 5.73. The van der Waals surface area contributed by atoms with Crippen LogP contribution in [0, 0.1) is 11.8 Å². The van der Waals surface area contributed by atoms with E-state index in [4.69, 9.17) is 9.84 Å². The lowest BCUT2D eigenvalue weighted by Crippen LogP contribution is -2.36. The lowest BCUT2D eigenvalue weighted by Gasteiger charge is -2.30. The van der Waals surface area contributed by atoms with Crippen molar-refractivity contribution in [1.29, 1.82) is 0 Å². The van der Waals surface area contributed by atoms with Crippen LogP contribution in [0.5, 0.6) is 0 Å². The van der Waals surface area contributed by atoms with Gasteiger partial charge in [-0.15, -0.1) is 11.3 Å². The van der Waals surface area contributed by atoms with Gasteiger partial charge in [0.2, 0.25) is 0 Å². The largest absolute Gasteiger partial charge is 0.384 e. The van der Waals surface area contributed by atoms with Crippen LogP contribution < -0.4 is 0 Å². The van der Waals surface area contributed by atoms with E-state index in [-0.39, 0.29) is 6.61 Å². The van der Waals surface area contributed by atoms with Gasteiger partial charge in [0.25, 0.3) is 0 Å². The molecule has 0 bridgehead atoms. The molecule has 1 fully saturated rings. The van der Waals surface area contributed by atoms with Crippen LogP contribution in [-0.2, 0) is 11.3 Å². The molecule has 3 nitrogen and oxygen atoms in total. The topological polar surface area (TPSA) is 32.7 Å². The van der Waals surface area contributed by atoms with Gasteiger partial charge in [0, 0.05) is 37.2 Å². The zero-order chi connectivity index (χ0) is 12.8. The molecule has 2 heterocycles. The molecular weight excluding hydrogens is 246 g/mol. The maximum Gasteiger partial charge on any atom is 0.104 e. The minimum atomic E-state index is -0.0749. The van der Waals surface area contributed by atoms with Gasteiger partial charge < -0.3 is 9.84 Å². The van der Waals surface area contributed by atoms with Gasteiger partial charge in [0.1, 0.15) is 6.61 Å². The molecule has 1 aliphatic rings. The Bertz CT molecular complexity index is 424. The predicted molar refractivity (Wildman–Crippen MR) is 73.6 cm³/mol. The highest BCUT2D eigenvalue weighted by Gasteiger charge is 2.19. The van der Waals surface area contributed by atoms with Gasteiger partial charge in [-0.2, -0.15) is 0 Å². The fourth-order valence-corrected chi connectivity index (χ4v) is 3.09. The zero-order valence-corrected chi connectivity index (χ0v) is 11.5. The number of rotatable bonds is 3. The second kappa shape index (κ2) is 6.91. The summed E-state index contributed by atoms with van der Waals surface area (Å²) < 4.78 is 5.38. The summed E-state index contributed by atoms with van der Waals surface area (Å²) in [6, 6.07) is 2.03. The number of hydrogen-bond donors (Lipinski definition) is 1. The Balaban J connectivity index is 1.92. The van der Waals surface area contributed by atoms with Gasteiger partial charge in [-0.25, -0.2) is 0 Å². The molecule has 0 amide bonds. The van der Waals surface area contributed by atoms with E-state index in [0.717, 1.165) is 38.0 Å². The number of nitrogens with zero attached hydrogens (tertiary/aromatic N) is 1. The maximum absolute atomic E-state index is 8.74. The van der Waals surface area contributed by atoms with Crippen LogP contribution in [0.3, 0.4) is 0 Å². The molecule has 0 radical (unpaired) electrons. The maximum atomic E-state index is 8.74. The molecule has 2 rings (SSSR count). The molecular formula is C14H19NO2S. The summed E-state index contributed by atoms with van der Waals surface area (Å²) in [6.45, 7) is 3.06. The Morgan fingerprint density at radius 2 is 2.28 bits per heavy atom. The van der Waals surface area contributed by atoms with Crippen LogP contribution in [0.1, 0.15) is 23.3 Å². The Morgan fingerprint density at radius 1 is 1.50 bits per heavy atom. The van der Waals surface area contributed by atoms with Crippen molar-refractivity contribution in [1.82, 2.24) is 4.90 Å². The van der Waals surface area contributed by atoms with Gasteiger partial charge in [0.15, 0.2) is 0 Å². The molecule has 1 aromatic rings. The molecule has 4 heteroatoms. The molecule has 18 heavy (non-hydrogen) atoms. The van der Waals surface area contributed by atoms with Crippen LogP contribution in [-0.4, -0.2) is 42.9 Å². The number of ether oxygens (including phenoxy) is 1. The smallest absolute Gasteiger partial charge is 0.104 e. The molecule has 0 atom stereocenters. The summed E-state index contributed by atoms with van der Waals surface area (Å²) >= 11 is 1.74. The average molecular weight is 265 g/mol. The van der Waals surface area contributed by atoms with Gasteiger partial charge in [0.05, 0.1) is 6.10 Å². The van der Waals surface area contributed by atoms with Crippen molar-refractivity contribution >= 4 is 11.3 Å². The fourth-order valence-electron chi connectivity index (χ4n) is 2.22. The number of methoxy groups -OCH3 is 1. The van der Waals surface area contributed by atoms with Gasteiger partial charge in [-0.05, 0) is 24.3 Å². The fraction of sp³-hybridized carbons (Fsp3) is 0.571. The molecule has 0 saturated carbocycles. The molecule has 1 aromatic heterocycles. The van der Waals surface area contributed by atoms with E-state index in [1.807, 2.05) is 6.07 Å². The van der Waals surface area contributed by atoms with Crippen molar-refractivity contribution in [3.05, 3.63) is 21.9 Å². The lowest BCUT2D eigenvalue weighted by atomic mass is 10.1. The number of thiophene rings is 1. The first-order valence-corrected chi connectivity index (χ1v) is 7.12. The molecule has 1 N–H and O–H groups in total. The lowest BCUT2D eigenvalue weighted by molar-refractivity contribution is 0.0391. The van der Waals surface area contributed by atoms with Crippen molar-refractivity contribution in [3.63, 3.8) is 0 Å². The van der Waals surface area contributed by atoms with E-state index in [2.05, 4.69) is 22.1 Å². The monoisotopic (exact) mass is 265 g/mol. The highest BCUT2D eigenvalue weighted by atomic mass is 32.1. The second-order valence-electron chi connectivity index (χ2n) is 4.43. The Kier molecular flexibility index (Phi) is 5.21. The highest BCUT2D eigenvalue weighted by Crippen LogP contribution is 2.21. The van der Waals surface area contributed by atoms with Crippen molar-refractivity contribution in [3.8, 4) is 11.8 Å². The van der Waals surface area contributed by atoms with Gasteiger partial charge >= 0.3 is 0 Å². The van der Waals surface area contributed by atoms with Crippen molar-refractivity contribution in [2.45, 2.75) is 25.5 Å². The first-order chi connectivity index (χ1) is 8.83. The Morgan fingerprint density at radius 3 is 2.94 bits per heavy atom. The Hall–Kier alpha value is -0.860. The third-order valence-corrected chi connectivity index (χ3v) is 4.19. The van der Waals surface area contributed by atoms with E-state index in [0.29, 0.717) is 6.10 Å². The minimum Gasteiger partial charge on any atom is -0.384 e. The quantitative estimate of drug-likeness (QED) is 0.844. The van der Waals surface area contributed by atoms with Gasteiger partial charge in [-0.1, -0.05) is 11.8 Å². The highest BCUT2D eigenvalue weighted by molar-refractivity contribution is 7.10. The number of aliphatic hydroxyl groups is 1. The molecule has 1 saturated heterocycles. The first-order valence-electron chi connectivity index (χ1n) is 6.24.